The van der Waals surface area contributed by atoms with Crippen LogP contribution in [0.25, 0.3) is 0 Å². The molecule has 1 aromatic carbocycles. The Bertz CT molecular complexity index is 612. The first kappa shape index (κ1) is 13.4. The first-order valence-electron chi connectivity index (χ1n) is 5.37. The molecule has 5 nitrogen and oxygen atoms in total. The number of nitrogens with zero attached hydrogens (tertiary/aromatic N) is 1. The number of halogens is 1. The lowest BCUT2D eigenvalue weighted by Gasteiger charge is -2.03. The van der Waals surface area contributed by atoms with Crippen molar-refractivity contribution in [2.24, 2.45) is 0 Å². The SMILES string of the molecule is C[C@H](O)c1cc([N+](=O)[O-])c(Oc2ccccc2F)s1. The average Bonchev–Trinajstić information content (AvgIpc) is 2.76. The zero-order valence-corrected chi connectivity index (χ0v) is 10.7. The van der Waals surface area contributed by atoms with E-state index in [2.05, 4.69) is 0 Å². The van der Waals surface area contributed by atoms with Crippen molar-refractivity contribution in [1.29, 1.82) is 0 Å². The molecule has 0 saturated heterocycles. The third-order valence-electron chi connectivity index (χ3n) is 2.35. The van der Waals surface area contributed by atoms with E-state index < -0.39 is 16.8 Å². The van der Waals surface area contributed by atoms with E-state index in [0.717, 1.165) is 11.3 Å². The molecule has 0 unspecified atom stereocenters. The van der Waals surface area contributed by atoms with E-state index in [1.165, 1.54) is 31.2 Å². The van der Waals surface area contributed by atoms with E-state index in [9.17, 15) is 19.6 Å². The van der Waals surface area contributed by atoms with Gasteiger partial charge in [0.25, 0.3) is 5.06 Å². The Morgan fingerprint density at radius 3 is 2.74 bits per heavy atom. The third-order valence-corrected chi connectivity index (χ3v) is 3.52. The fraction of sp³-hybridized carbons (Fsp3) is 0.167. The zero-order chi connectivity index (χ0) is 14.0. The highest BCUT2D eigenvalue weighted by Gasteiger charge is 2.23. The Hall–Kier alpha value is -1.99. The van der Waals surface area contributed by atoms with Crippen LogP contribution in [-0.4, -0.2) is 10.0 Å². The zero-order valence-electron chi connectivity index (χ0n) is 9.87. The first-order chi connectivity index (χ1) is 8.99. The third kappa shape index (κ3) is 2.88. The van der Waals surface area contributed by atoms with E-state index in [0.29, 0.717) is 4.88 Å². The highest BCUT2D eigenvalue weighted by atomic mass is 32.1. The lowest BCUT2D eigenvalue weighted by molar-refractivity contribution is -0.385. The summed E-state index contributed by atoms with van der Waals surface area (Å²) in [4.78, 5) is 10.7. The van der Waals surface area contributed by atoms with E-state index in [1.54, 1.807) is 6.07 Å². The minimum absolute atomic E-state index is 0.0500. The summed E-state index contributed by atoms with van der Waals surface area (Å²) >= 11 is 0.919. The van der Waals surface area contributed by atoms with E-state index in [-0.39, 0.29) is 16.5 Å². The molecule has 0 aliphatic rings. The quantitative estimate of drug-likeness (QED) is 0.686. The summed E-state index contributed by atoms with van der Waals surface area (Å²) in [6.07, 6.45) is -0.846. The van der Waals surface area contributed by atoms with Crippen LogP contribution in [0, 0.1) is 15.9 Å². The molecule has 1 atom stereocenters. The van der Waals surface area contributed by atoms with Gasteiger partial charge in [-0.25, -0.2) is 4.39 Å². The smallest absolute Gasteiger partial charge is 0.323 e. The second-order valence-corrected chi connectivity index (χ2v) is 4.83. The second kappa shape index (κ2) is 5.33. The Balaban J connectivity index is 2.39. The van der Waals surface area contributed by atoms with Crippen LogP contribution >= 0.6 is 11.3 Å². The Labute approximate surface area is 112 Å². The largest absolute Gasteiger partial charge is 0.437 e. The van der Waals surface area contributed by atoms with Crippen LogP contribution in [0.1, 0.15) is 17.9 Å². The normalized spacial score (nSPS) is 12.2. The van der Waals surface area contributed by atoms with Crippen LogP contribution in [0.5, 0.6) is 10.8 Å². The summed E-state index contributed by atoms with van der Waals surface area (Å²) < 4.78 is 18.7. The van der Waals surface area contributed by atoms with Gasteiger partial charge < -0.3 is 9.84 Å². The first-order valence-corrected chi connectivity index (χ1v) is 6.19. The maximum atomic E-state index is 13.4. The molecule has 100 valence electrons. The number of hydrogen-bond donors (Lipinski definition) is 1. The molecule has 1 N–H and O–H groups in total. The molecule has 0 saturated carbocycles. The molecule has 0 radical (unpaired) electrons. The molecular formula is C12H10FNO4S. The number of nitro groups is 1. The van der Waals surface area contributed by atoms with Gasteiger partial charge in [-0.1, -0.05) is 23.5 Å². The lowest BCUT2D eigenvalue weighted by atomic mass is 10.3. The average molecular weight is 283 g/mol. The van der Waals surface area contributed by atoms with Crippen molar-refractivity contribution in [3.63, 3.8) is 0 Å². The summed E-state index contributed by atoms with van der Waals surface area (Å²) in [6, 6.07) is 6.86. The van der Waals surface area contributed by atoms with Crippen molar-refractivity contribution in [1.82, 2.24) is 0 Å². The predicted octanol–water partition coefficient (Wildman–Crippen LogP) is 3.64. The number of aliphatic hydroxyl groups is 1. The molecule has 0 spiro atoms. The van der Waals surface area contributed by atoms with Crippen LogP contribution in [0.4, 0.5) is 10.1 Å². The Morgan fingerprint density at radius 2 is 2.16 bits per heavy atom. The minimum atomic E-state index is -0.846. The molecule has 0 aliphatic carbocycles. The van der Waals surface area contributed by atoms with Crippen LogP contribution in [0.2, 0.25) is 0 Å². The minimum Gasteiger partial charge on any atom is -0.437 e. The number of para-hydroxylation sites is 1. The summed E-state index contributed by atoms with van der Waals surface area (Å²) in [6.45, 7) is 1.49. The molecule has 0 bridgehead atoms. The van der Waals surface area contributed by atoms with E-state index >= 15 is 0 Å². The van der Waals surface area contributed by atoms with Crippen molar-refractivity contribution in [3.05, 3.63) is 51.1 Å². The van der Waals surface area contributed by atoms with E-state index in [1.807, 2.05) is 0 Å². The van der Waals surface area contributed by atoms with Gasteiger partial charge in [-0.05, 0) is 19.1 Å². The highest BCUT2D eigenvalue weighted by molar-refractivity contribution is 7.14. The van der Waals surface area contributed by atoms with Crippen LogP contribution < -0.4 is 4.74 Å². The molecule has 7 heteroatoms. The maximum absolute atomic E-state index is 13.4. The van der Waals surface area contributed by atoms with Gasteiger partial charge in [-0.2, -0.15) is 0 Å². The van der Waals surface area contributed by atoms with E-state index in [4.69, 9.17) is 4.74 Å². The number of thiophene rings is 1. The number of hydrogen-bond acceptors (Lipinski definition) is 5. The standard InChI is InChI=1S/C12H10FNO4S/c1-7(15)11-6-9(14(16)17)12(19-11)18-10-5-3-2-4-8(10)13/h2-7,15H,1H3/t7-/m0/s1. The van der Waals surface area contributed by atoms with Gasteiger partial charge in [0.15, 0.2) is 11.6 Å². The molecule has 2 aromatic rings. The van der Waals surface area contributed by atoms with Crippen LogP contribution in [-0.2, 0) is 0 Å². The number of rotatable bonds is 4. The van der Waals surface area contributed by atoms with Gasteiger partial charge in [0.2, 0.25) is 0 Å². The Morgan fingerprint density at radius 1 is 1.47 bits per heavy atom. The van der Waals surface area contributed by atoms with Gasteiger partial charge in [-0.3, -0.25) is 10.1 Å². The highest BCUT2D eigenvalue weighted by Crippen LogP contribution is 2.42. The summed E-state index contributed by atoms with van der Waals surface area (Å²) in [5.41, 5.74) is -0.288. The Kier molecular flexibility index (Phi) is 3.77. The van der Waals surface area contributed by atoms with Gasteiger partial charge >= 0.3 is 5.69 Å². The molecule has 0 amide bonds. The summed E-state index contributed by atoms with van der Waals surface area (Å²) in [5.74, 6) is -0.701. The molecule has 0 aliphatic heterocycles. The van der Waals surface area contributed by atoms with Crippen molar-refractivity contribution < 1.29 is 19.2 Å². The van der Waals surface area contributed by atoms with Crippen molar-refractivity contribution >= 4 is 17.0 Å². The second-order valence-electron chi connectivity index (χ2n) is 3.79. The molecule has 19 heavy (non-hydrogen) atoms. The van der Waals surface area contributed by atoms with Crippen LogP contribution in [0.3, 0.4) is 0 Å². The lowest BCUT2D eigenvalue weighted by Crippen LogP contribution is -1.91. The van der Waals surface area contributed by atoms with Gasteiger partial charge in [0.05, 0.1) is 11.0 Å². The molecule has 1 heterocycles. The monoisotopic (exact) mass is 283 g/mol. The topological polar surface area (TPSA) is 72.6 Å². The fourth-order valence-electron chi connectivity index (χ4n) is 1.42. The van der Waals surface area contributed by atoms with Gasteiger partial charge in [0, 0.05) is 10.9 Å². The van der Waals surface area contributed by atoms with Crippen molar-refractivity contribution in [2.75, 3.05) is 0 Å². The number of aliphatic hydroxyl groups excluding tert-OH is 1. The van der Waals surface area contributed by atoms with Crippen molar-refractivity contribution in [2.45, 2.75) is 13.0 Å². The summed E-state index contributed by atoms with van der Waals surface area (Å²) in [7, 11) is 0. The number of benzene rings is 1. The molecule has 1 aromatic heterocycles. The molecule has 0 fully saturated rings. The maximum Gasteiger partial charge on any atom is 0.323 e. The van der Waals surface area contributed by atoms with Gasteiger partial charge in [-0.15, -0.1) is 0 Å². The molecule has 2 rings (SSSR count). The van der Waals surface area contributed by atoms with Crippen molar-refractivity contribution in [3.8, 4) is 10.8 Å². The van der Waals surface area contributed by atoms with Crippen LogP contribution in [0.15, 0.2) is 30.3 Å². The fourth-order valence-corrected chi connectivity index (χ4v) is 2.34. The predicted molar refractivity (Wildman–Crippen MR) is 68.1 cm³/mol. The summed E-state index contributed by atoms with van der Waals surface area (Å²) in [5, 5.41) is 20.3. The number of ether oxygens (including phenoxy) is 1. The molecular weight excluding hydrogens is 273 g/mol. The van der Waals surface area contributed by atoms with Gasteiger partial charge in [0.1, 0.15) is 0 Å².